The third-order valence-electron chi connectivity index (χ3n) is 2.57. The Hall–Kier alpha value is -1.45. The largest absolute Gasteiger partial charge is 0.337 e. The number of hydrogen-bond donors (Lipinski definition) is 0. The summed E-state index contributed by atoms with van der Waals surface area (Å²) in [7, 11) is 2.02. The number of hydrogen-bond acceptors (Lipinski definition) is 3. The number of aromatic nitrogens is 4. The molecule has 0 N–H and O–H groups in total. The quantitative estimate of drug-likeness (QED) is 0.716. The van der Waals surface area contributed by atoms with Crippen molar-refractivity contribution >= 4 is 0 Å². The Morgan fingerprint density at radius 3 is 2.93 bits per heavy atom. The zero-order valence-corrected chi connectivity index (χ0v) is 9.27. The van der Waals surface area contributed by atoms with Crippen molar-refractivity contribution in [1.29, 1.82) is 0 Å². The molecule has 2 heterocycles. The number of fused-ring (bicyclic) bond motifs is 1. The Morgan fingerprint density at radius 1 is 1.27 bits per heavy atom. The molecule has 0 saturated carbocycles. The maximum absolute atomic E-state index is 4.50. The van der Waals surface area contributed by atoms with E-state index in [0.717, 1.165) is 23.8 Å². The van der Waals surface area contributed by atoms with Gasteiger partial charge in [-0.05, 0) is 6.42 Å². The van der Waals surface area contributed by atoms with Crippen molar-refractivity contribution in [2.45, 2.75) is 32.6 Å². The van der Waals surface area contributed by atoms with Crippen molar-refractivity contribution in [2.24, 2.45) is 7.05 Å². The summed E-state index contributed by atoms with van der Waals surface area (Å²) in [6.45, 7) is 2.21. The van der Waals surface area contributed by atoms with Gasteiger partial charge in [0.25, 0.3) is 0 Å². The number of aryl methyl sites for hydroxylation is 2. The molecule has 15 heavy (non-hydrogen) atoms. The Kier molecular flexibility index (Phi) is 2.94. The molecule has 2 aliphatic rings. The Labute approximate surface area is 89.7 Å². The van der Waals surface area contributed by atoms with Crippen LogP contribution in [-0.4, -0.2) is 19.5 Å². The summed E-state index contributed by atoms with van der Waals surface area (Å²) in [6.07, 6.45) is 8.27. The summed E-state index contributed by atoms with van der Waals surface area (Å²) in [6, 6.07) is 0. The number of unbranched alkanes of at least 4 members (excludes halogenated alkanes) is 2. The van der Waals surface area contributed by atoms with Crippen LogP contribution < -0.4 is 0 Å². The lowest BCUT2D eigenvalue weighted by atomic mass is 10.2. The molecule has 0 amide bonds. The van der Waals surface area contributed by atoms with Gasteiger partial charge in [-0.3, -0.25) is 0 Å². The highest BCUT2D eigenvalue weighted by atomic mass is 15.1. The van der Waals surface area contributed by atoms with E-state index in [2.05, 4.69) is 21.9 Å². The van der Waals surface area contributed by atoms with Crippen LogP contribution in [-0.2, 0) is 13.5 Å². The summed E-state index contributed by atoms with van der Waals surface area (Å²) in [4.78, 5) is 12.7. The van der Waals surface area contributed by atoms with Crippen molar-refractivity contribution in [1.82, 2.24) is 19.5 Å². The summed E-state index contributed by atoms with van der Waals surface area (Å²) in [5.41, 5.74) is 0.872. The average Bonchev–Trinajstić information content (AvgIpc) is 2.65. The first kappa shape index (κ1) is 10.1. The minimum absolute atomic E-state index is 0.764. The molecule has 0 unspecified atom stereocenters. The topological polar surface area (TPSA) is 43.6 Å². The molecule has 0 atom stereocenters. The zero-order valence-electron chi connectivity index (χ0n) is 9.27. The molecule has 4 heteroatoms. The molecular weight excluding hydrogens is 188 g/mol. The van der Waals surface area contributed by atoms with Gasteiger partial charge in [0.2, 0.25) is 0 Å². The molecule has 80 valence electrons. The van der Waals surface area contributed by atoms with Gasteiger partial charge in [-0.1, -0.05) is 19.8 Å². The molecule has 0 saturated heterocycles. The van der Waals surface area contributed by atoms with Gasteiger partial charge in [0, 0.05) is 19.7 Å². The van der Waals surface area contributed by atoms with Gasteiger partial charge in [-0.15, -0.1) is 0 Å². The summed E-state index contributed by atoms with van der Waals surface area (Å²) >= 11 is 0. The van der Waals surface area contributed by atoms with E-state index in [-0.39, 0.29) is 0 Å². The highest BCUT2D eigenvalue weighted by Crippen LogP contribution is 2.15. The van der Waals surface area contributed by atoms with E-state index < -0.39 is 0 Å². The minimum Gasteiger partial charge on any atom is -0.337 e. The van der Waals surface area contributed by atoms with Gasteiger partial charge < -0.3 is 4.57 Å². The number of imidazole rings is 1. The third-order valence-corrected chi connectivity index (χ3v) is 2.57. The maximum Gasteiger partial charge on any atom is 0.182 e. The Bertz CT molecular complexity index is 407. The van der Waals surface area contributed by atoms with Crippen LogP contribution in [0.25, 0.3) is 11.5 Å². The molecule has 0 fully saturated rings. The van der Waals surface area contributed by atoms with Crippen LogP contribution in [0.15, 0.2) is 12.5 Å². The molecule has 0 spiro atoms. The van der Waals surface area contributed by atoms with Crippen LogP contribution in [0.3, 0.4) is 0 Å². The Morgan fingerprint density at radius 2 is 2.13 bits per heavy atom. The molecule has 0 radical (unpaired) electrons. The predicted octanol–water partition coefficient (Wildman–Crippen LogP) is 2.05. The van der Waals surface area contributed by atoms with Crippen molar-refractivity contribution in [3.05, 3.63) is 18.3 Å². The van der Waals surface area contributed by atoms with Crippen LogP contribution >= 0.6 is 0 Å². The van der Waals surface area contributed by atoms with E-state index in [1.807, 2.05) is 17.8 Å². The smallest absolute Gasteiger partial charge is 0.182 e. The average molecular weight is 204 g/mol. The molecule has 2 aliphatic heterocycles. The van der Waals surface area contributed by atoms with E-state index in [4.69, 9.17) is 0 Å². The predicted molar refractivity (Wildman–Crippen MR) is 58.6 cm³/mol. The van der Waals surface area contributed by atoms with Gasteiger partial charge in [0.05, 0.1) is 0 Å². The molecule has 0 aromatic heterocycles. The standard InChI is InChI=1S/C11H16N4/c1-3-4-5-6-10-14-11-9(7-15(10)2)12-8-13-11/h7-8H,3-6H2,1-2H3. The van der Waals surface area contributed by atoms with E-state index >= 15 is 0 Å². The lowest BCUT2D eigenvalue weighted by molar-refractivity contribution is 0.656. The van der Waals surface area contributed by atoms with Crippen molar-refractivity contribution in [3.63, 3.8) is 0 Å². The fourth-order valence-corrected chi connectivity index (χ4v) is 1.67. The summed E-state index contributed by atoms with van der Waals surface area (Å²) in [5, 5.41) is 0. The normalized spacial score (nSPS) is 11.1. The summed E-state index contributed by atoms with van der Waals surface area (Å²) < 4.78 is 2.05. The van der Waals surface area contributed by atoms with Gasteiger partial charge in [0.1, 0.15) is 17.8 Å². The molecule has 2 rings (SSSR count). The monoisotopic (exact) mass is 204 g/mol. The lowest BCUT2D eigenvalue weighted by Crippen LogP contribution is -2.06. The highest BCUT2D eigenvalue weighted by molar-refractivity contribution is 5.48. The third kappa shape index (κ3) is 2.14. The lowest BCUT2D eigenvalue weighted by Gasteiger charge is -2.08. The second kappa shape index (κ2) is 4.38. The van der Waals surface area contributed by atoms with Crippen molar-refractivity contribution < 1.29 is 0 Å². The van der Waals surface area contributed by atoms with Crippen LogP contribution in [0.1, 0.15) is 32.0 Å². The fraction of sp³-hybridized carbons (Fsp3) is 0.545. The second-order valence-corrected chi connectivity index (χ2v) is 3.81. The van der Waals surface area contributed by atoms with Gasteiger partial charge in [-0.25, -0.2) is 15.0 Å². The van der Waals surface area contributed by atoms with Gasteiger partial charge >= 0.3 is 0 Å². The van der Waals surface area contributed by atoms with E-state index in [1.54, 1.807) is 6.33 Å². The molecule has 4 nitrogen and oxygen atoms in total. The SMILES string of the molecule is CCCCCc1nc2ncnc-2cn1C. The minimum atomic E-state index is 0.764. The maximum atomic E-state index is 4.50. The summed E-state index contributed by atoms with van der Waals surface area (Å²) in [5.74, 6) is 1.86. The van der Waals surface area contributed by atoms with Gasteiger partial charge in [-0.2, -0.15) is 0 Å². The van der Waals surface area contributed by atoms with Crippen molar-refractivity contribution in [3.8, 4) is 11.5 Å². The molecule has 0 aromatic carbocycles. The van der Waals surface area contributed by atoms with Crippen molar-refractivity contribution in [2.75, 3.05) is 0 Å². The molecular formula is C11H16N4. The fourth-order valence-electron chi connectivity index (χ4n) is 1.67. The molecule has 0 bridgehead atoms. The zero-order chi connectivity index (χ0) is 10.7. The first-order valence-electron chi connectivity index (χ1n) is 5.44. The van der Waals surface area contributed by atoms with Crippen LogP contribution in [0, 0.1) is 0 Å². The first-order chi connectivity index (χ1) is 7.31. The van der Waals surface area contributed by atoms with Crippen LogP contribution in [0.2, 0.25) is 0 Å². The second-order valence-electron chi connectivity index (χ2n) is 3.81. The molecule has 0 aromatic rings. The highest BCUT2D eigenvalue weighted by Gasteiger charge is 2.09. The van der Waals surface area contributed by atoms with Crippen LogP contribution in [0.5, 0.6) is 0 Å². The first-order valence-corrected chi connectivity index (χ1v) is 5.44. The van der Waals surface area contributed by atoms with E-state index in [9.17, 15) is 0 Å². The number of nitrogens with zero attached hydrogens (tertiary/aromatic N) is 4. The van der Waals surface area contributed by atoms with E-state index in [0.29, 0.717) is 0 Å². The van der Waals surface area contributed by atoms with Crippen LogP contribution in [0.4, 0.5) is 0 Å². The van der Waals surface area contributed by atoms with Gasteiger partial charge in [0.15, 0.2) is 5.82 Å². The van der Waals surface area contributed by atoms with E-state index in [1.165, 1.54) is 19.3 Å². The Balaban J connectivity index is 2.19. The molecule has 0 aliphatic carbocycles. The number of rotatable bonds is 4.